The van der Waals surface area contributed by atoms with Gasteiger partial charge in [-0.05, 0) is 18.4 Å². The molecule has 1 rings (SSSR count). The maximum absolute atomic E-state index is 7.71. The smallest absolute Gasteiger partial charge is 0.0438 e. The first-order valence-electron chi connectivity index (χ1n) is 4.65. The first kappa shape index (κ1) is 9.78. The average Bonchev–Trinajstić information content (AvgIpc) is 2.17. The fourth-order valence-electron chi connectivity index (χ4n) is 1.37. The second kappa shape index (κ2) is 4.08. The molecule has 70 valence electrons. The zero-order valence-corrected chi connectivity index (χ0v) is 8.22. The second-order valence-corrected chi connectivity index (χ2v) is 3.06. The zero-order valence-electron chi connectivity index (χ0n) is 8.22. The second-order valence-electron chi connectivity index (χ2n) is 3.06. The van der Waals surface area contributed by atoms with E-state index >= 15 is 0 Å². The Morgan fingerprint density at radius 1 is 1.38 bits per heavy atom. The zero-order chi connectivity index (χ0) is 9.84. The molecule has 0 saturated heterocycles. The van der Waals surface area contributed by atoms with Gasteiger partial charge in [0.05, 0.1) is 0 Å². The first-order valence-corrected chi connectivity index (χ1v) is 4.65. The SMILES string of the molecule is CCC(=N)c1cccc(CC)c1N. The third kappa shape index (κ3) is 1.89. The van der Waals surface area contributed by atoms with E-state index < -0.39 is 0 Å². The number of nitrogen functional groups attached to an aromatic ring is 1. The summed E-state index contributed by atoms with van der Waals surface area (Å²) in [7, 11) is 0. The Hall–Kier alpha value is -1.31. The van der Waals surface area contributed by atoms with Crippen LogP contribution in [0.5, 0.6) is 0 Å². The molecule has 0 aromatic heterocycles. The van der Waals surface area contributed by atoms with Gasteiger partial charge in [0.1, 0.15) is 0 Å². The van der Waals surface area contributed by atoms with Gasteiger partial charge >= 0.3 is 0 Å². The van der Waals surface area contributed by atoms with Crippen molar-refractivity contribution in [1.82, 2.24) is 0 Å². The number of hydrogen-bond donors (Lipinski definition) is 2. The summed E-state index contributed by atoms with van der Waals surface area (Å²) in [5, 5.41) is 7.71. The van der Waals surface area contributed by atoms with E-state index in [4.69, 9.17) is 11.1 Å². The molecule has 0 fully saturated rings. The molecule has 1 aromatic carbocycles. The standard InChI is InChI=1S/C11H16N2/c1-3-8-6-5-7-9(11(8)13)10(12)4-2/h5-7,12H,3-4,13H2,1-2H3. The van der Waals surface area contributed by atoms with Crippen molar-refractivity contribution in [3.8, 4) is 0 Å². The van der Waals surface area contributed by atoms with E-state index in [0.29, 0.717) is 5.71 Å². The number of para-hydroxylation sites is 1. The van der Waals surface area contributed by atoms with Gasteiger partial charge in [0, 0.05) is 17.0 Å². The number of anilines is 1. The van der Waals surface area contributed by atoms with Crippen LogP contribution in [0.2, 0.25) is 0 Å². The molecule has 0 bridgehead atoms. The lowest BCUT2D eigenvalue weighted by molar-refractivity contribution is 1.14. The summed E-state index contributed by atoms with van der Waals surface area (Å²) < 4.78 is 0. The number of hydrogen-bond acceptors (Lipinski definition) is 2. The molecule has 0 radical (unpaired) electrons. The molecule has 0 aliphatic carbocycles. The lowest BCUT2D eigenvalue weighted by Crippen LogP contribution is -2.04. The third-order valence-corrected chi connectivity index (χ3v) is 2.26. The number of nitrogens with two attached hydrogens (primary N) is 1. The highest BCUT2D eigenvalue weighted by Crippen LogP contribution is 2.19. The summed E-state index contributed by atoms with van der Waals surface area (Å²) in [5.74, 6) is 0. The van der Waals surface area contributed by atoms with Gasteiger partial charge in [-0.25, -0.2) is 0 Å². The molecule has 0 amide bonds. The summed E-state index contributed by atoms with van der Waals surface area (Å²) in [6.07, 6.45) is 1.66. The van der Waals surface area contributed by atoms with Crippen molar-refractivity contribution < 1.29 is 0 Å². The summed E-state index contributed by atoms with van der Waals surface area (Å²) in [6.45, 7) is 4.05. The van der Waals surface area contributed by atoms with Crippen molar-refractivity contribution in [2.45, 2.75) is 26.7 Å². The van der Waals surface area contributed by atoms with E-state index in [1.165, 1.54) is 0 Å². The lowest BCUT2D eigenvalue weighted by atomic mass is 10.0. The quantitative estimate of drug-likeness (QED) is 0.539. The Morgan fingerprint density at radius 3 is 2.62 bits per heavy atom. The number of benzene rings is 1. The van der Waals surface area contributed by atoms with Gasteiger partial charge in [-0.3, -0.25) is 0 Å². The number of rotatable bonds is 3. The Morgan fingerprint density at radius 2 is 2.08 bits per heavy atom. The number of aryl methyl sites for hydroxylation is 1. The van der Waals surface area contributed by atoms with E-state index in [9.17, 15) is 0 Å². The van der Waals surface area contributed by atoms with Crippen LogP contribution >= 0.6 is 0 Å². The molecular formula is C11H16N2. The maximum atomic E-state index is 7.71. The van der Waals surface area contributed by atoms with E-state index in [2.05, 4.69) is 6.92 Å². The minimum absolute atomic E-state index is 0.618. The molecule has 2 nitrogen and oxygen atoms in total. The Kier molecular flexibility index (Phi) is 3.07. The minimum Gasteiger partial charge on any atom is -0.398 e. The summed E-state index contributed by atoms with van der Waals surface area (Å²) in [4.78, 5) is 0. The molecule has 2 heteroatoms. The summed E-state index contributed by atoms with van der Waals surface area (Å²) >= 11 is 0. The predicted octanol–water partition coefficient (Wildman–Crippen LogP) is 2.61. The minimum atomic E-state index is 0.618. The van der Waals surface area contributed by atoms with Crippen molar-refractivity contribution in [2.75, 3.05) is 5.73 Å². The van der Waals surface area contributed by atoms with Gasteiger partial charge in [0.2, 0.25) is 0 Å². The summed E-state index contributed by atoms with van der Waals surface area (Å²) in [5.41, 5.74) is 9.35. The van der Waals surface area contributed by atoms with Gasteiger partial charge in [0.15, 0.2) is 0 Å². The lowest BCUT2D eigenvalue weighted by Gasteiger charge is -2.09. The van der Waals surface area contributed by atoms with Crippen LogP contribution in [0.25, 0.3) is 0 Å². The highest BCUT2D eigenvalue weighted by atomic mass is 14.6. The van der Waals surface area contributed by atoms with Gasteiger partial charge in [0.25, 0.3) is 0 Å². The molecule has 1 aromatic rings. The maximum Gasteiger partial charge on any atom is 0.0438 e. The fraction of sp³-hybridized carbons (Fsp3) is 0.364. The van der Waals surface area contributed by atoms with Crippen LogP contribution in [0.1, 0.15) is 31.4 Å². The Labute approximate surface area is 79.3 Å². The van der Waals surface area contributed by atoms with Crippen LogP contribution in [0.4, 0.5) is 5.69 Å². The van der Waals surface area contributed by atoms with Crippen LogP contribution in [-0.4, -0.2) is 5.71 Å². The highest BCUT2D eigenvalue weighted by molar-refractivity contribution is 6.02. The van der Waals surface area contributed by atoms with E-state index in [0.717, 1.165) is 29.7 Å². The van der Waals surface area contributed by atoms with Gasteiger partial charge in [-0.2, -0.15) is 0 Å². The molecule has 0 heterocycles. The van der Waals surface area contributed by atoms with Gasteiger partial charge in [-0.15, -0.1) is 0 Å². The molecule has 0 saturated carbocycles. The van der Waals surface area contributed by atoms with E-state index in [-0.39, 0.29) is 0 Å². The molecule has 13 heavy (non-hydrogen) atoms. The molecule has 0 unspecified atom stereocenters. The average molecular weight is 176 g/mol. The van der Waals surface area contributed by atoms with Crippen LogP contribution in [-0.2, 0) is 6.42 Å². The van der Waals surface area contributed by atoms with Crippen LogP contribution < -0.4 is 5.73 Å². The Balaban J connectivity index is 3.15. The first-order chi connectivity index (χ1) is 6.20. The summed E-state index contributed by atoms with van der Waals surface area (Å²) in [6, 6.07) is 5.90. The van der Waals surface area contributed by atoms with E-state index in [1.54, 1.807) is 0 Å². The van der Waals surface area contributed by atoms with Crippen molar-refractivity contribution in [3.63, 3.8) is 0 Å². The third-order valence-electron chi connectivity index (χ3n) is 2.26. The fourth-order valence-corrected chi connectivity index (χ4v) is 1.37. The largest absolute Gasteiger partial charge is 0.398 e. The van der Waals surface area contributed by atoms with Crippen LogP contribution in [0.15, 0.2) is 18.2 Å². The highest BCUT2D eigenvalue weighted by Gasteiger charge is 2.06. The topological polar surface area (TPSA) is 49.9 Å². The molecule has 0 aliphatic rings. The van der Waals surface area contributed by atoms with Crippen LogP contribution in [0, 0.1) is 5.41 Å². The molecule has 0 aliphatic heterocycles. The monoisotopic (exact) mass is 176 g/mol. The van der Waals surface area contributed by atoms with Crippen LogP contribution in [0.3, 0.4) is 0 Å². The molecule has 3 N–H and O–H groups in total. The number of nitrogens with one attached hydrogen (secondary N) is 1. The van der Waals surface area contributed by atoms with Crippen molar-refractivity contribution >= 4 is 11.4 Å². The van der Waals surface area contributed by atoms with Gasteiger partial charge < -0.3 is 11.1 Å². The Bertz CT molecular complexity index is 316. The van der Waals surface area contributed by atoms with E-state index in [1.807, 2.05) is 25.1 Å². The predicted molar refractivity (Wildman–Crippen MR) is 57.4 cm³/mol. The van der Waals surface area contributed by atoms with Gasteiger partial charge in [-0.1, -0.05) is 32.0 Å². The molecule has 0 atom stereocenters. The van der Waals surface area contributed by atoms with Crippen molar-refractivity contribution in [3.05, 3.63) is 29.3 Å². The van der Waals surface area contributed by atoms with Crippen molar-refractivity contribution in [1.29, 1.82) is 5.41 Å². The normalized spacial score (nSPS) is 10.0. The molecule has 0 spiro atoms. The molecular weight excluding hydrogens is 160 g/mol. The van der Waals surface area contributed by atoms with Crippen molar-refractivity contribution in [2.24, 2.45) is 0 Å².